The van der Waals surface area contributed by atoms with Crippen LogP contribution in [0.25, 0.3) is 0 Å². The van der Waals surface area contributed by atoms with Crippen molar-refractivity contribution in [3.8, 4) is 5.75 Å². The first kappa shape index (κ1) is 13.9. The third kappa shape index (κ3) is 2.47. The van der Waals surface area contributed by atoms with Crippen LogP contribution in [0.1, 0.15) is 18.4 Å². The van der Waals surface area contributed by atoms with E-state index in [2.05, 4.69) is 10.6 Å². The molecule has 112 valence electrons. The number of imide groups is 1. The third-order valence-electron chi connectivity index (χ3n) is 4.18. The molecule has 0 aliphatic carbocycles. The maximum atomic E-state index is 12.6. The van der Waals surface area contributed by atoms with Gasteiger partial charge in [0, 0.05) is 0 Å². The van der Waals surface area contributed by atoms with Crippen LogP contribution in [-0.4, -0.2) is 42.6 Å². The minimum absolute atomic E-state index is 0.114. The molecule has 6 nitrogen and oxygen atoms in total. The average Bonchev–Trinajstić information content (AvgIpc) is 2.73. The number of amides is 3. The predicted molar refractivity (Wildman–Crippen MR) is 76.9 cm³/mol. The molecule has 2 aliphatic heterocycles. The Kier molecular flexibility index (Phi) is 3.55. The fraction of sp³-hybridized carbons (Fsp3) is 0.467. The van der Waals surface area contributed by atoms with Gasteiger partial charge >= 0.3 is 6.03 Å². The molecule has 3 rings (SSSR count). The van der Waals surface area contributed by atoms with Gasteiger partial charge in [0.2, 0.25) is 0 Å². The molecule has 6 heteroatoms. The number of rotatable bonds is 3. The van der Waals surface area contributed by atoms with Crippen molar-refractivity contribution in [1.29, 1.82) is 0 Å². The Morgan fingerprint density at radius 1 is 1.29 bits per heavy atom. The molecule has 3 amide bonds. The summed E-state index contributed by atoms with van der Waals surface area (Å²) in [6.45, 7) is 1.77. The molecule has 0 unspecified atom stereocenters. The van der Waals surface area contributed by atoms with Gasteiger partial charge in [-0.05, 0) is 43.6 Å². The second kappa shape index (κ2) is 5.37. The Labute approximate surface area is 123 Å². The van der Waals surface area contributed by atoms with Crippen LogP contribution in [0.2, 0.25) is 0 Å². The highest BCUT2D eigenvalue weighted by atomic mass is 16.5. The zero-order valence-corrected chi connectivity index (χ0v) is 12.0. The number of urea groups is 1. The Balaban J connectivity index is 1.79. The number of carbonyl (C=O) groups excluding carboxylic acids is 2. The van der Waals surface area contributed by atoms with Crippen molar-refractivity contribution in [1.82, 2.24) is 15.5 Å². The van der Waals surface area contributed by atoms with Crippen molar-refractivity contribution in [2.45, 2.75) is 24.9 Å². The van der Waals surface area contributed by atoms with Crippen LogP contribution >= 0.6 is 0 Å². The van der Waals surface area contributed by atoms with Crippen molar-refractivity contribution in [2.24, 2.45) is 0 Å². The van der Waals surface area contributed by atoms with E-state index in [9.17, 15) is 9.59 Å². The number of nitrogens with one attached hydrogen (secondary N) is 2. The molecule has 1 spiro atoms. The number of benzene rings is 1. The van der Waals surface area contributed by atoms with Crippen LogP contribution < -0.4 is 15.4 Å². The molecule has 21 heavy (non-hydrogen) atoms. The number of carbonyl (C=O) groups is 2. The molecule has 1 aromatic carbocycles. The van der Waals surface area contributed by atoms with Crippen LogP contribution in [0, 0.1) is 0 Å². The smallest absolute Gasteiger partial charge is 0.325 e. The summed E-state index contributed by atoms with van der Waals surface area (Å²) in [5.41, 5.74) is 0.171. The van der Waals surface area contributed by atoms with E-state index in [1.165, 1.54) is 4.90 Å². The van der Waals surface area contributed by atoms with E-state index in [-0.39, 0.29) is 18.5 Å². The molecule has 2 fully saturated rings. The van der Waals surface area contributed by atoms with Gasteiger partial charge in [-0.15, -0.1) is 0 Å². The highest BCUT2D eigenvalue weighted by molar-refractivity contribution is 6.07. The maximum Gasteiger partial charge on any atom is 0.325 e. The first-order chi connectivity index (χ1) is 10.1. The van der Waals surface area contributed by atoms with Gasteiger partial charge in [-0.1, -0.05) is 12.1 Å². The summed E-state index contributed by atoms with van der Waals surface area (Å²) < 4.78 is 5.17. The van der Waals surface area contributed by atoms with Gasteiger partial charge in [0.15, 0.2) is 0 Å². The monoisotopic (exact) mass is 289 g/mol. The largest absolute Gasteiger partial charge is 0.497 e. The molecule has 1 aromatic rings. The average molecular weight is 289 g/mol. The van der Waals surface area contributed by atoms with Crippen molar-refractivity contribution in [3.05, 3.63) is 29.8 Å². The van der Waals surface area contributed by atoms with E-state index in [4.69, 9.17) is 4.74 Å². The molecule has 2 N–H and O–H groups in total. The second-order valence-corrected chi connectivity index (χ2v) is 5.51. The SMILES string of the molecule is COc1cccc(CN2C(=O)NC3(CCNCC3)C2=O)c1. The number of ether oxygens (including phenoxy) is 1. The van der Waals surface area contributed by atoms with Crippen molar-refractivity contribution in [2.75, 3.05) is 20.2 Å². The van der Waals surface area contributed by atoms with Crippen LogP contribution in [0.4, 0.5) is 4.79 Å². The molecule has 0 aromatic heterocycles. The van der Waals surface area contributed by atoms with Gasteiger partial charge in [0.05, 0.1) is 13.7 Å². The lowest BCUT2D eigenvalue weighted by molar-refractivity contribution is -0.132. The lowest BCUT2D eigenvalue weighted by Gasteiger charge is -2.31. The zero-order valence-electron chi connectivity index (χ0n) is 12.0. The number of methoxy groups -OCH3 is 1. The molecule has 0 radical (unpaired) electrons. The first-order valence-electron chi connectivity index (χ1n) is 7.12. The van der Waals surface area contributed by atoms with E-state index in [0.717, 1.165) is 24.4 Å². The van der Waals surface area contributed by atoms with E-state index < -0.39 is 5.54 Å². The van der Waals surface area contributed by atoms with E-state index in [0.29, 0.717) is 12.8 Å². The molecule has 0 bridgehead atoms. The van der Waals surface area contributed by atoms with Crippen molar-refractivity contribution >= 4 is 11.9 Å². The molecule has 0 saturated carbocycles. The van der Waals surface area contributed by atoms with Gasteiger partial charge in [0.25, 0.3) is 5.91 Å². The minimum Gasteiger partial charge on any atom is -0.497 e. The van der Waals surface area contributed by atoms with Gasteiger partial charge in [-0.25, -0.2) is 4.79 Å². The second-order valence-electron chi connectivity index (χ2n) is 5.51. The molecule has 2 saturated heterocycles. The third-order valence-corrected chi connectivity index (χ3v) is 4.18. The summed E-state index contributed by atoms with van der Waals surface area (Å²) in [5, 5.41) is 6.10. The van der Waals surface area contributed by atoms with E-state index in [1.54, 1.807) is 7.11 Å². The summed E-state index contributed by atoms with van der Waals surface area (Å²) >= 11 is 0. The number of piperidine rings is 1. The van der Waals surface area contributed by atoms with Gasteiger partial charge < -0.3 is 15.4 Å². The molecule has 0 atom stereocenters. The maximum absolute atomic E-state index is 12.6. The number of nitrogens with zero attached hydrogens (tertiary/aromatic N) is 1. The minimum atomic E-state index is -0.707. The normalized spacial score (nSPS) is 20.7. The van der Waals surface area contributed by atoms with Crippen LogP contribution in [0.3, 0.4) is 0 Å². The summed E-state index contributed by atoms with van der Waals surface area (Å²) in [7, 11) is 1.59. The summed E-state index contributed by atoms with van der Waals surface area (Å²) in [6, 6.07) is 7.12. The van der Waals surface area contributed by atoms with E-state index >= 15 is 0 Å². The zero-order chi connectivity index (χ0) is 14.9. The summed E-state index contributed by atoms with van der Waals surface area (Å²) in [4.78, 5) is 26.1. The highest BCUT2D eigenvalue weighted by Crippen LogP contribution is 2.28. The van der Waals surface area contributed by atoms with Crippen molar-refractivity contribution < 1.29 is 14.3 Å². The Bertz CT molecular complexity index is 567. The summed E-state index contributed by atoms with van der Waals surface area (Å²) in [5.74, 6) is 0.605. The van der Waals surface area contributed by atoms with Crippen LogP contribution in [0.5, 0.6) is 5.75 Å². The van der Waals surface area contributed by atoms with Gasteiger partial charge in [-0.3, -0.25) is 9.69 Å². The van der Waals surface area contributed by atoms with E-state index in [1.807, 2.05) is 24.3 Å². The standard InChI is InChI=1S/C15H19N3O3/c1-21-12-4-2-3-11(9-12)10-18-13(19)15(17-14(18)20)5-7-16-8-6-15/h2-4,9,16H,5-8,10H2,1H3,(H,17,20). The highest BCUT2D eigenvalue weighted by Gasteiger charge is 2.51. The number of hydrogen-bond acceptors (Lipinski definition) is 4. The molecular formula is C15H19N3O3. The lowest BCUT2D eigenvalue weighted by Crippen LogP contribution is -2.53. The number of hydrogen-bond donors (Lipinski definition) is 2. The predicted octanol–water partition coefficient (Wildman–Crippen LogP) is 0.869. The quantitative estimate of drug-likeness (QED) is 0.810. The lowest BCUT2D eigenvalue weighted by atomic mass is 9.88. The topological polar surface area (TPSA) is 70.7 Å². The molecule has 2 heterocycles. The van der Waals surface area contributed by atoms with Gasteiger partial charge in [-0.2, -0.15) is 0 Å². The molecule has 2 aliphatic rings. The van der Waals surface area contributed by atoms with Crippen LogP contribution in [0.15, 0.2) is 24.3 Å². The molecular weight excluding hydrogens is 270 g/mol. The van der Waals surface area contributed by atoms with Gasteiger partial charge in [0.1, 0.15) is 11.3 Å². The fourth-order valence-electron chi connectivity index (χ4n) is 2.97. The Morgan fingerprint density at radius 2 is 2.05 bits per heavy atom. The Hall–Kier alpha value is -2.08. The summed E-state index contributed by atoms with van der Waals surface area (Å²) in [6.07, 6.45) is 1.29. The van der Waals surface area contributed by atoms with Crippen molar-refractivity contribution in [3.63, 3.8) is 0 Å². The Morgan fingerprint density at radius 3 is 2.76 bits per heavy atom. The first-order valence-corrected chi connectivity index (χ1v) is 7.12. The van der Waals surface area contributed by atoms with Crippen LogP contribution in [-0.2, 0) is 11.3 Å². The fourth-order valence-corrected chi connectivity index (χ4v) is 2.97.